The number of nitrogens with one attached hydrogen (secondary N) is 1. The van der Waals surface area contributed by atoms with Crippen LogP contribution >= 0.6 is 11.6 Å². The van der Waals surface area contributed by atoms with E-state index >= 15 is 0 Å². The van der Waals surface area contributed by atoms with Crippen LogP contribution in [0.15, 0.2) is 47.1 Å². The second-order valence-electron chi connectivity index (χ2n) is 4.69. The van der Waals surface area contributed by atoms with E-state index in [0.29, 0.717) is 5.02 Å². The molecule has 1 atom stereocenters. The van der Waals surface area contributed by atoms with E-state index in [1.165, 1.54) is 42.7 Å². The molecule has 1 N–H and O–H groups in total. The highest BCUT2D eigenvalue weighted by Gasteiger charge is 2.37. The van der Waals surface area contributed by atoms with E-state index in [0.717, 1.165) is 0 Å². The Balaban J connectivity index is 2.18. The highest BCUT2D eigenvalue weighted by atomic mass is 35.5. The zero-order chi connectivity index (χ0) is 17.0. The summed E-state index contributed by atoms with van der Waals surface area (Å²) in [7, 11) is 0. The van der Waals surface area contributed by atoms with Gasteiger partial charge in [-0.3, -0.25) is 9.59 Å². The molecule has 0 radical (unpaired) electrons. The fourth-order valence-corrected chi connectivity index (χ4v) is 2.00. The molecule has 8 heteroatoms. The van der Waals surface area contributed by atoms with Crippen molar-refractivity contribution in [3.05, 3.63) is 59.0 Å². The SMILES string of the molecule is O=C(NC(CC(F)(F)F)C(=O)c1ccco1)c1ccc(Cl)cc1. The zero-order valence-corrected chi connectivity index (χ0v) is 12.3. The lowest BCUT2D eigenvalue weighted by molar-refractivity contribution is -0.137. The molecule has 0 saturated heterocycles. The lowest BCUT2D eigenvalue weighted by Crippen LogP contribution is -2.43. The van der Waals surface area contributed by atoms with Crippen LogP contribution in [0.5, 0.6) is 0 Å². The van der Waals surface area contributed by atoms with Crippen molar-refractivity contribution >= 4 is 23.3 Å². The summed E-state index contributed by atoms with van der Waals surface area (Å²) in [5.74, 6) is -2.01. The number of ketones is 1. The van der Waals surface area contributed by atoms with Crippen molar-refractivity contribution in [3.63, 3.8) is 0 Å². The van der Waals surface area contributed by atoms with Crippen LogP contribution in [0.4, 0.5) is 13.2 Å². The highest BCUT2D eigenvalue weighted by Crippen LogP contribution is 2.23. The van der Waals surface area contributed by atoms with E-state index < -0.39 is 30.3 Å². The van der Waals surface area contributed by atoms with E-state index in [9.17, 15) is 22.8 Å². The highest BCUT2D eigenvalue weighted by molar-refractivity contribution is 6.30. The van der Waals surface area contributed by atoms with Gasteiger partial charge in [-0.2, -0.15) is 13.2 Å². The first-order valence-electron chi connectivity index (χ1n) is 6.47. The molecule has 1 amide bonds. The Labute approximate surface area is 134 Å². The van der Waals surface area contributed by atoms with Crippen molar-refractivity contribution in [2.24, 2.45) is 0 Å². The Hall–Kier alpha value is -2.28. The second-order valence-corrected chi connectivity index (χ2v) is 5.13. The van der Waals surface area contributed by atoms with E-state index in [1.807, 2.05) is 0 Å². The molecule has 122 valence electrons. The van der Waals surface area contributed by atoms with Crippen molar-refractivity contribution in [2.75, 3.05) is 0 Å². The first-order valence-corrected chi connectivity index (χ1v) is 6.85. The van der Waals surface area contributed by atoms with Crippen LogP contribution < -0.4 is 5.32 Å². The van der Waals surface area contributed by atoms with Gasteiger partial charge in [0.2, 0.25) is 5.78 Å². The van der Waals surface area contributed by atoms with Crippen molar-refractivity contribution in [1.82, 2.24) is 5.32 Å². The van der Waals surface area contributed by atoms with Crippen molar-refractivity contribution in [2.45, 2.75) is 18.6 Å². The Morgan fingerprint density at radius 3 is 2.35 bits per heavy atom. The smallest absolute Gasteiger partial charge is 0.391 e. The number of hydrogen-bond acceptors (Lipinski definition) is 3. The molecule has 1 aromatic heterocycles. The molecule has 2 rings (SSSR count). The first kappa shape index (κ1) is 17.1. The Morgan fingerprint density at radius 1 is 1.17 bits per heavy atom. The summed E-state index contributed by atoms with van der Waals surface area (Å²) >= 11 is 5.68. The molecule has 0 spiro atoms. The molecule has 0 aliphatic heterocycles. The van der Waals surface area contributed by atoms with E-state index in [1.54, 1.807) is 0 Å². The minimum absolute atomic E-state index is 0.0915. The molecular formula is C15H11ClF3NO3. The molecule has 0 aliphatic rings. The number of Topliss-reactive ketones (excluding diaryl/α,β-unsaturated/α-hetero) is 1. The molecule has 0 bridgehead atoms. The van der Waals surface area contributed by atoms with E-state index in [2.05, 4.69) is 5.32 Å². The standard InChI is InChI=1S/C15H11ClF3NO3/c16-10-5-3-9(4-6-10)14(22)20-11(8-15(17,18)19)13(21)12-2-1-7-23-12/h1-7,11H,8H2,(H,20,22). The number of furan rings is 1. The third-order valence-electron chi connectivity index (χ3n) is 2.93. The Kier molecular flexibility index (Phi) is 5.10. The Bertz CT molecular complexity index is 681. The topological polar surface area (TPSA) is 59.3 Å². The van der Waals surface area contributed by atoms with Crippen LogP contribution in [-0.2, 0) is 0 Å². The third-order valence-corrected chi connectivity index (χ3v) is 3.18. The number of hydrogen-bond donors (Lipinski definition) is 1. The van der Waals surface area contributed by atoms with Gasteiger partial charge in [-0.25, -0.2) is 0 Å². The Morgan fingerprint density at radius 2 is 1.83 bits per heavy atom. The summed E-state index contributed by atoms with van der Waals surface area (Å²) in [4.78, 5) is 24.1. The number of carbonyl (C=O) groups excluding carboxylic acids is 2. The molecule has 23 heavy (non-hydrogen) atoms. The fourth-order valence-electron chi connectivity index (χ4n) is 1.87. The lowest BCUT2D eigenvalue weighted by atomic mass is 10.1. The molecule has 1 unspecified atom stereocenters. The second kappa shape index (κ2) is 6.87. The molecule has 4 nitrogen and oxygen atoms in total. The molecule has 1 aromatic carbocycles. The van der Waals surface area contributed by atoms with Gasteiger partial charge < -0.3 is 9.73 Å². The maximum atomic E-state index is 12.7. The van der Waals surface area contributed by atoms with Gasteiger partial charge in [0, 0.05) is 10.6 Å². The molecular weight excluding hydrogens is 335 g/mol. The monoisotopic (exact) mass is 345 g/mol. The predicted octanol–water partition coefficient (Wildman–Crippen LogP) is 3.87. The number of carbonyl (C=O) groups is 2. The van der Waals surface area contributed by atoms with Gasteiger partial charge in [0.1, 0.15) is 6.04 Å². The van der Waals surface area contributed by atoms with Crippen molar-refractivity contribution in [3.8, 4) is 0 Å². The molecule has 0 fully saturated rings. The summed E-state index contributed by atoms with van der Waals surface area (Å²) in [5, 5.41) is 2.46. The number of benzene rings is 1. The minimum Gasteiger partial charge on any atom is -0.461 e. The van der Waals surface area contributed by atoms with Crippen LogP contribution in [0.1, 0.15) is 27.3 Å². The quantitative estimate of drug-likeness (QED) is 0.837. The van der Waals surface area contributed by atoms with Crippen molar-refractivity contribution in [1.29, 1.82) is 0 Å². The number of amides is 1. The number of rotatable bonds is 5. The average Bonchev–Trinajstić information content (AvgIpc) is 2.99. The van der Waals surface area contributed by atoms with Crippen LogP contribution in [0.25, 0.3) is 0 Å². The van der Waals surface area contributed by atoms with Gasteiger partial charge in [0.15, 0.2) is 5.76 Å². The summed E-state index contributed by atoms with van der Waals surface area (Å²) in [5.41, 5.74) is 0.0915. The van der Waals surface area contributed by atoms with Gasteiger partial charge in [0.05, 0.1) is 12.7 Å². The molecule has 2 aromatic rings. The van der Waals surface area contributed by atoms with Gasteiger partial charge in [-0.05, 0) is 36.4 Å². The summed E-state index contributed by atoms with van der Waals surface area (Å²) in [6, 6.07) is 6.37. The van der Waals surface area contributed by atoms with Crippen LogP contribution in [-0.4, -0.2) is 23.9 Å². The van der Waals surface area contributed by atoms with Crippen LogP contribution in [0, 0.1) is 0 Å². The third kappa shape index (κ3) is 4.85. The lowest BCUT2D eigenvalue weighted by Gasteiger charge is -2.18. The largest absolute Gasteiger partial charge is 0.461 e. The van der Waals surface area contributed by atoms with Gasteiger partial charge >= 0.3 is 6.18 Å². The molecule has 0 aliphatic carbocycles. The predicted molar refractivity (Wildman–Crippen MR) is 76.4 cm³/mol. The fraction of sp³-hybridized carbons (Fsp3) is 0.200. The normalized spacial score (nSPS) is 12.7. The van der Waals surface area contributed by atoms with Crippen LogP contribution in [0.2, 0.25) is 5.02 Å². The van der Waals surface area contributed by atoms with E-state index in [-0.39, 0.29) is 11.3 Å². The maximum absolute atomic E-state index is 12.7. The van der Waals surface area contributed by atoms with Crippen molar-refractivity contribution < 1.29 is 27.2 Å². The minimum atomic E-state index is -4.62. The van der Waals surface area contributed by atoms with Gasteiger partial charge in [0.25, 0.3) is 5.91 Å². The summed E-state index contributed by atoms with van der Waals surface area (Å²) in [6.45, 7) is 0. The number of halogens is 4. The summed E-state index contributed by atoms with van der Waals surface area (Å²) in [6.07, 6.45) is -4.95. The summed E-state index contributed by atoms with van der Waals surface area (Å²) < 4.78 is 42.8. The van der Waals surface area contributed by atoms with E-state index in [4.69, 9.17) is 16.0 Å². The first-order chi connectivity index (χ1) is 10.8. The average molecular weight is 346 g/mol. The molecule has 1 heterocycles. The zero-order valence-electron chi connectivity index (χ0n) is 11.6. The molecule has 0 saturated carbocycles. The number of alkyl halides is 3. The van der Waals surface area contributed by atoms with Gasteiger partial charge in [-0.15, -0.1) is 0 Å². The maximum Gasteiger partial charge on any atom is 0.391 e. The van der Waals surface area contributed by atoms with Gasteiger partial charge in [-0.1, -0.05) is 11.6 Å². The van der Waals surface area contributed by atoms with Crippen LogP contribution in [0.3, 0.4) is 0 Å².